The number of rotatable bonds is 4. The van der Waals surface area contributed by atoms with Gasteiger partial charge in [0.25, 0.3) is 5.91 Å². The lowest BCUT2D eigenvalue weighted by molar-refractivity contribution is -0.133. The van der Waals surface area contributed by atoms with E-state index >= 15 is 0 Å². The van der Waals surface area contributed by atoms with Gasteiger partial charge >= 0.3 is 6.03 Å². The van der Waals surface area contributed by atoms with Crippen molar-refractivity contribution in [2.75, 3.05) is 6.54 Å². The zero-order valence-corrected chi connectivity index (χ0v) is 14.9. The number of fused-ring (bicyclic) bond motifs is 1. The Hall–Kier alpha value is -3.15. The number of hydrogen-bond acceptors (Lipinski definition) is 3. The number of amides is 4. The Labute approximate surface area is 157 Å². The van der Waals surface area contributed by atoms with Gasteiger partial charge in [-0.05, 0) is 29.5 Å². The molecule has 0 radical (unpaired) electrons. The smallest absolute Gasteiger partial charge is 0.322 e. The van der Waals surface area contributed by atoms with E-state index in [2.05, 4.69) is 16.7 Å². The van der Waals surface area contributed by atoms with Gasteiger partial charge in [0.05, 0.1) is 0 Å². The van der Waals surface area contributed by atoms with Gasteiger partial charge in [0.15, 0.2) is 0 Å². The Balaban J connectivity index is 1.50. The van der Waals surface area contributed by atoms with E-state index in [0.717, 1.165) is 6.42 Å². The average Bonchev–Trinajstić information content (AvgIpc) is 3.00. The second-order valence-corrected chi connectivity index (χ2v) is 7.01. The van der Waals surface area contributed by atoms with E-state index in [0.29, 0.717) is 18.7 Å². The van der Waals surface area contributed by atoms with Crippen molar-refractivity contribution in [1.29, 1.82) is 0 Å². The lowest BCUT2D eigenvalue weighted by Gasteiger charge is -2.31. The van der Waals surface area contributed by atoms with Gasteiger partial charge in [0.2, 0.25) is 5.91 Å². The van der Waals surface area contributed by atoms with Gasteiger partial charge in [-0.25, -0.2) is 4.79 Å². The summed E-state index contributed by atoms with van der Waals surface area (Å²) in [7, 11) is 0. The predicted molar refractivity (Wildman–Crippen MR) is 99.6 cm³/mol. The van der Waals surface area contributed by atoms with Crippen molar-refractivity contribution in [3.63, 3.8) is 0 Å². The lowest BCUT2D eigenvalue weighted by atomic mass is 9.85. The zero-order valence-electron chi connectivity index (χ0n) is 14.9. The van der Waals surface area contributed by atoms with Crippen LogP contribution in [-0.4, -0.2) is 29.3 Å². The second kappa shape index (κ2) is 6.87. The molecule has 1 atom stereocenters. The predicted octanol–water partition coefficient (Wildman–Crippen LogP) is 2.09. The van der Waals surface area contributed by atoms with Crippen molar-refractivity contribution in [3.05, 3.63) is 71.3 Å². The van der Waals surface area contributed by atoms with Crippen LogP contribution in [0.2, 0.25) is 0 Å². The minimum absolute atomic E-state index is 0.00578. The summed E-state index contributed by atoms with van der Waals surface area (Å²) in [5, 5.41) is 5.05. The topological polar surface area (TPSA) is 78.5 Å². The van der Waals surface area contributed by atoms with E-state index in [4.69, 9.17) is 0 Å². The van der Waals surface area contributed by atoms with Crippen molar-refractivity contribution < 1.29 is 14.4 Å². The maximum atomic E-state index is 12.8. The van der Waals surface area contributed by atoms with Crippen molar-refractivity contribution >= 4 is 17.8 Å². The standard InChI is InChI=1S/C21H21N3O3/c25-18(24-13-11-15-6-4-5-7-16(15)14-24)10-12-21(17-8-2-1-3-9-17)19(26)22-20(27)23-21/h1-9H,10-14H2,(H2,22,23,26,27). The molecule has 27 heavy (non-hydrogen) atoms. The fraction of sp³-hybridized carbons (Fsp3) is 0.286. The van der Waals surface area contributed by atoms with Crippen molar-refractivity contribution in [2.45, 2.75) is 31.3 Å². The maximum Gasteiger partial charge on any atom is 0.322 e. The highest BCUT2D eigenvalue weighted by Gasteiger charge is 2.47. The fourth-order valence-corrected chi connectivity index (χ4v) is 3.90. The third-order valence-electron chi connectivity index (χ3n) is 5.41. The summed E-state index contributed by atoms with van der Waals surface area (Å²) >= 11 is 0. The summed E-state index contributed by atoms with van der Waals surface area (Å²) in [5.74, 6) is -0.413. The van der Waals surface area contributed by atoms with Crippen LogP contribution in [0, 0.1) is 0 Å². The van der Waals surface area contributed by atoms with E-state index in [1.807, 2.05) is 41.3 Å². The Kier molecular flexibility index (Phi) is 4.39. The van der Waals surface area contributed by atoms with Gasteiger partial charge < -0.3 is 10.2 Å². The summed E-state index contributed by atoms with van der Waals surface area (Å²) in [4.78, 5) is 39.0. The van der Waals surface area contributed by atoms with E-state index in [9.17, 15) is 14.4 Å². The molecule has 1 fully saturated rings. The van der Waals surface area contributed by atoms with Crippen molar-refractivity contribution in [3.8, 4) is 0 Å². The number of carbonyl (C=O) groups excluding carboxylic acids is 3. The maximum absolute atomic E-state index is 12.8. The largest absolute Gasteiger partial charge is 0.338 e. The summed E-state index contributed by atoms with van der Waals surface area (Å²) in [5.41, 5.74) is 1.94. The molecule has 0 spiro atoms. The van der Waals surface area contributed by atoms with Gasteiger partial charge in [-0.1, -0.05) is 54.6 Å². The quantitative estimate of drug-likeness (QED) is 0.817. The monoisotopic (exact) mass is 363 g/mol. The molecule has 1 saturated heterocycles. The molecule has 0 aromatic heterocycles. The van der Waals surface area contributed by atoms with E-state index < -0.39 is 17.5 Å². The number of imide groups is 1. The van der Waals surface area contributed by atoms with Crippen LogP contribution in [0.3, 0.4) is 0 Å². The molecular formula is C21H21N3O3. The van der Waals surface area contributed by atoms with E-state index in [-0.39, 0.29) is 18.7 Å². The van der Waals surface area contributed by atoms with Crippen molar-refractivity contribution in [1.82, 2.24) is 15.5 Å². The first kappa shape index (κ1) is 17.3. The molecule has 2 aromatic rings. The number of hydrogen-bond donors (Lipinski definition) is 2. The van der Waals surface area contributed by atoms with Crippen LogP contribution in [0.25, 0.3) is 0 Å². The van der Waals surface area contributed by atoms with Crippen molar-refractivity contribution in [2.24, 2.45) is 0 Å². The first-order valence-electron chi connectivity index (χ1n) is 9.12. The zero-order chi connectivity index (χ0) is 18.9. The summed E-state index contributed by atoms with van der Waals surface area (Å²) in [6.07, 6.45) is 1.25. The molecule has 2 aromatic carbocycles. The van der Waals surface area contributed by atoms with Gasteiger partial charge in [-0.15, -0.1) is 0 Å². The van der Waals surface area contributed by atoms with Crippen LogP contribution in [0.5, 0.6) is 0 Å². The molecule has 2 aliphatic heterocycles. The second-order valence-electron chi connectivity index (χ2n) is 7.01. The molecule has 2 aliphatic rings. The first-order valence-corrected chi connectivity index (χ1v) is 9.12. The SMILES string of the molecule is O=C1NC(=O)C(CCC(=O)N2CCc3ccccc3C2)(c2ccccc2)N1. The average molecular weight is 363 g/mol. The Morgan fingerprint density at radius 3 is 2.41 bits per heavy atom. The summed E-state index contributed by atoms with van der Waals surface area (Å²) < 4.78 is 0. The molecule has 1 unspecified atom stereocenters. The normalized spacial score (nSPS) is 21.4. The van der Waals surface area contributed by atoms with E-state index in [1.54, 1.807) is 12.1 Å². The molecule has 6 nitrogen and oxygen atoms in total. The lowest BCUT2D eigenvalue weighted by Crippen LogP contribution is -2.45. The summed E-state index contributed by atoms with van der Waals surface area (Å²) in [6, 6.07) is 16.7. The Morgan fingerprint density at radius 2 is 1.70 bits per heavy atom. The highest BCUT2D eigenvalue weighted by atomic mass is 16.2. The van der Waals surface area contributed by atoms with Gasteiger partial charge in [-0.3, -0.25) is 14.9 Å². The van der Waals surface area contributed by atoms with Gasteiger partial charge in [0.1, 0.15) is 5.54 Å². The molecule has 4 rings (SSSR count). The summed E-state index contributed by atoms with van der Waals surface area (Å²) in [6.45, 7) is 1.26. The Morgan fingerprint density at radius 1 is 1.00 bits per heavy atom. The highest BCUT2D eigenvalue weighted by molar-refractivity contribution is 6.07. The van der Waals surface area contributed by atoms with E-state index in [1.165, 1.54) is 11.1 Å². The molecule has 4 amide bonds. The number of carbonyl (C=O) groups is 3. The minimum Gasteiger partial charge on any atom is -0.338 e. The van der Waals surface area contributed by atoms with Crippen LogP contribution >= 0.6 is 0 Å². The molecule has 0 bridgehead atoms. The number of urea groups is 1. The highest BCUT2D eigenvalue weighted by Crippen LogP contribution is 2.30. The molecule has 0 saturated carbocycles. The molecule has 0 aliphatic carbocycles. The van der Waals surface area contributed by atoms with Gasteiger partial charge in [-0.2, -0.15) is 0 Å². The number of benzene rings is 2. The van der Waals surface area contributed by atoms with Crippen LogP contribution < -0.4 is 10.6 Å². The third-order valence-corrected chi connectivity index (χ3v) is 5.41. The molecule has 2 N–H and O–H groups in total. The molecular weight excluding hydrogens is 342 g/mol. The minimum atomic E-state index is -1.19. The van der Waals surface area contributed by atoms with Crippen LogP contribution in [-0.2, 0) is 28.1 Å². The van der Waals surface area contributed by atoms with Crippen LogP contribution in [0.15, 0.2) is 54.6 Å². The third kappa shape index (κ3) is 3.18. The van der Waals surface area contributed by atoms with Gasteiger partial charge in [0, 0.05) is 19.5 Å². The molecule has 138 valence electrons. The number of nitrogens with one attached hydrogen (secondary N) is 2. The molecule has 2 heterocycles. The van der Waals surface area contributed by atoms with Crippen LogP contribution in [0.4, 0.5) is 4.79 Å². The number of nitrogens with zero attached hydrogens (tertiary/aromatic N) is 1. The van der Waals surface area contributed by atoms with Crippen LogP contribution in [0.1, 0.15) is 29.5 Å². The fourth-order valence-electron chi connectivity index (χ4n) is 3.90. The Bertz CT molecular complexity index is 897. The first-order chi connectivity index (χ1) is 13.1. The molecule has 6 heteroatoms.